The van der Waals surface area contributed by atoms with Gasteiger partial charge < -0.3 is 14.5 Å². The predicted molar refractivity (Wildman–Crippen MR) is 105 cm³/mol. The molecular weight excluding hydrogens is 356 g/mol. The van der Waals surface area contributed by atoms with Crippen LogP contribution in [0.4, 0.5) is 5.69 Å². The van der Waals surface area contributed by atoms with Crippen molar-refractivity contribution in [3.63, 3.8) is 0 Å². The molecule has 0 aliphatic carbocycles. The molecule has 7 nitrogen and oxygen atoms in total. The fourth-order valence-electron chi connectivity index (χ4n) is 4.16. The van der Waals surface area contributed by atoms with Crippen LogP contribution in [0.5, 0.6) is 0 Å². The number of carbonyl (C=O) groups is 2. The van der Waals surface area contributed by atoms with Crippen LogP contribution >= 0.6 is 0 Å². The molecule has 0 N–H and O–H groups in total. The minimum atomic E-state index is -0.441. The van der Waals surface area contributed by atoms with E-state index in [4.69, 9.17) is 4.74 Å². The highest BCUT2D eigenvalue weighted by Crippen LogP contribution is 2.36. The molecule has 0 spiro atoms. The molecule has 1 aromatic carbocycles. The molecule has 2 aromatic rings. The number of piperidine rings is 1. The summed E-state index contributed by atoms with van der Waals surface area (Å²) in [7, 11) is 1.87. The quantitative estimate of drug-likeness (QED) is 0.808. The van der Waals surface area contributed by atoms with Crippen molar-refractivity contribution >= 4 is 17.5 Å². The number of morpholine rings is 1. The minimum Gasteiger partial charge on any atom is -0.363 e. The molecule has 0 radical (unpaired) electrons. The third-order valence-corrected chi connectivity index (χ3v) is 5.86. The third-order valence-electron chi connectivity index (χ3n) is 5.86. The van der Waals surface area contributed by atoms with Gasteiger partial charge in [-0.25, -0.2) is 0 Å². The second kappa shape index (κ2) is 7.39. The number of hydrogen-bond acceptors (Lipinski definition) is 4. The predicted octanol–water partition coefficient (Wildman–Crippen LogP) is 1.78. The topological polar surface area (TPSA) is 67.7 Å². The molecule has 2 amide bonds. The highest BCUT2D eigenvalue weighted by atomic mass is 16.5. The van der Waals surface area contributed by atoms with E-state index in [0.29, 0.717) is 32.4 Å². The summed E-state index contributed by atoms with van der Waals surface area (Å²) in [5.74, 6) is 0.0512. The summed E-state index contributed by atoms with van der Waals surface area (Å²) in [6.45, 7) is 3.27. The number of benzene rings is 1. The van der Waals surface area contributed by atoms with Gasteiger partial charge in [0.25, 0.3) is 5.91 Å². The smallest absolute Gasteiger partial charge is 0.253 e. The summed E-state index contributed by atoms with van der Waals surface area (Å²) >= 11 is 0. The SMILES string of the molecule is Cn1cc(CCC(=O)N2CC[C@@]3(C)OCC(=O)N(c4ccccc4)[C@@H]3C2)cn1. The van der Waals surface area contributed by atoms with Crippen molar-refractivity contribution in [2.24, 2.45) is 7.05 Å². The van der Waals surface area contributed by atoms with Crippen molar-refractivity contribution in [3.05, 3.63) is 48.3 Å². The molecule has 2 atom stereocenters. The second-order valence-electron chi connectivity index (χ2n) is 7.83. The van der Waals surface area contributed by atoms with Gasteiger partial charge in [-0.2, -0.15) is 5.10 Å². The number of likely N-dealkylation sites (tertiary alicyclic amines) is 1. The lowest BCUT2D eigenvalue weighted by atomic mass is 9.85. The number of aromatic nitrogens is 2. The van der Waals surface area contributed by atoms with Crippen molar-refractivity contribution in [2.75, 3.05) is 24.6 Å². The number of nitrogens with zero attached hydrogens (tertiary/aromatic N) is 4. The number of fused-ring (bicyclic) bond motifs is 1. The summed E-state index contributed by atoms with van der Waals surface area (Å²) in [4.78, 5) is 29.2. The lowest BCUT2D eigenvalue weighted by Crippen LogP contribution is -2.68. The molecule has 4 rings (SSSR count). The zero-order valence-electron chi connectivity index (χ0n) is 16.4. The van der Waals surface area contributed by atoms with Crippen LogP contribution < -0.4 is 4.90 Å². The van der Waals surface area contributed by atoms with Gasteiger partial charge >= 0.3 is 0 Å². The highest BCUT2D eigenvalue weighted by molar-refractivity contribution is 5.96. The number of hydrogen-bond donors (Lipinski definition) is 0. The monoisotopic (exact) mass is 382 g/mol. The number of ether oxygens (including phenoxy) is 1. The molecule has 0 bridgehead atoms. The Morgan fingerprint density at radius 2 is 2.11 bits per heavy atom. The number of para-hydroxylation sites is 1. The van der Waals surface area contributed by atoms with Gasteiger partial charge in [0.05, 0.1) is 17.8 Å². The van der Waals surface area contributed by atoms with E-state index in [1.54, 1.807) is 10.9 Å². The molecule has 2 fully saturated rings. The van der Waals surface area contributed by atoms with Crippen molar-refractivity contribution in [1.82, 2.24) is 14.7 Å². The number of rotatable bonds is 4. The fourth-order valence-corrected chi connectivity index (χ4v) is 4.16. The molecular formula is C21H26N4O3. The van der Waals surface area contributed by atoms with Crippen LogP contribution in [-0.4, -0.2) is 57.8 Å². The third kappa shape index (κ3) is 3.54. The first kappa shape index (κ1) is 18.7. The Morgan fingerprint density at radius 1 is 1.32 bits per heavy atom. The molecule has 7 heteroatoms. The first-order valence-corrected chi connectivity index (χ1v) is 9.73. The fraction of sp³-hybridized carbons (Fsp3) is 0.476. The Kier molecular flexibility index (Phi) is 4.93. The van der Waals surface area contributed by atoms with Gasteiger partial charge in [0, 0.05) is 38.4 Å². The van der Waals surface area contributed by atoms with E-state index in [0.717, 1.165) is 11.3 Å². The summed E-state index contributed by atoms with van der Waals surface area (Å²) in [5.41, 5.74) is 1.47. The van der Waals surface area contributed by atoms with Gasteiger partial charge in [-0.1, -0.05) is 18.2 Å². The molecule has 0 unspecified atom stereocenters. The van der Waals surface area contributed by atoms with Gasteiger partial charge in [0.1, 0.15) is 6.61 Å². The Labute approximate surface area is 164 Å². The molecule has 148 valence electrons. The summed E-state index contributed by atoms with van der Waals surface area (Å²) in [6.07, 6.45) is 5.56. The normalized spacial score (nSPS) is 24.9. The van der Waals surface area contributed by atoms with Crippen LogP contribution in [0.1, 0.15) is 25.3 Å². The molecule has 28 heavy (non-hydrogen) atoms. The van der Waals surface area contributed by atoms with E-state index in [2.05, 4.69) is 12.0 Å². The van der Waals surface area contributed by atoms with Gasteiger partial charge in [-0.05, 0) is 37.5 Å². The average molecular weight is 382 g/mol. The maximum Gasteiger partial charge on any atom is 0.253 e. The Balaban J connectivity index is 1.49. The first-order chi connectivity index (χ1) is 13.5. The van der Waals surface area contributed by atoms with E-state index >= 15 is 0 Å². The molecule has 2 aliphatic heterocycles. The summed E-state index contributed by atoms with van der Waals surface area (Å²) in [6, 6.07) is 9.47. The summed E-state index contributed by atoms with van der Waals surface area (Å²) in [5, 5.41) is 4.15. The average Bonchev–Trinajstić information content (AvgIpc) is 3.12. The lowest BCUT2D eigenvalue weighted by molar-refractivity contribution is -0.156. The number of anilines is 1. The van der Waals surface area contributed by atoms with Gasteiger partial charge in [-0.3, -0.25) is 14.3 Å². The van der Waals surface area contributed by atoms with E-state index in [-0.39, 0.29) is 24.5 Å². The van der Waals surface area contributed by atoms with Crippen LogP contribution in [0.15, 0.2) is 42.7 Å². The van der Waals surface area contributed by atoms with Gasteiger partial charge in [0.2, 0.25) is 5.91 Å². The van der Waals surface area contributed by atoms with Crippen LogP contribution in [0.25, 0.3) is 0 Å². The zero-order chi connectivity index (χ0) is 19.7. The molecule has 2 aliphatic rings. The first-order valence-electron chi connectivity index (χ1n) is 9.73. The standard InChI is InChI=1S/C21H26N4O3/c1-21-10-11-24(19(26)9-8-16-12-22-23(2)13-16)14-18(21)25(20(27)15-28-21)17-6-4-3-5-7-17/h3-7,12-13,18H,8-11,14-15H2,1-2H3/t18-,21-/m1/s1. The van der Waals surface area contributed by atoms with Crippen molar-refractivity contribution in [1.29, 1.82) is 0 Å². The van der Waals surface area contributed by atoms with Crippen LogP contribution in [0.3, 0.4) is 0 Å². The largest absolute Gasteiger partial charge is 0.363 e. The van der Waals surface area contributed by atoms with Crippen molar-refractivity contribution in [2.45, 2.75) is 37.8 Å². The zero-order valence-corrected chi connectivity index (χ0v) is 16.4. The van der Waals surface area contributed by atoms with Crippen LogP contribution in [-0.2, 0) is 27.8 Å². The lowest BCUT2D eigenvalue weighted by Gasteiger charge is -2.52. The van der Waals surface area contributed by atoms with Gasteiger partial charge in [-0.15, -0.1) is 0 Å². The van der Waals surface area contributed by atoms with Crippen molar-refractivity contribution < 1.29 is 14.3 Å². The summed E-state index contributed by atoms with van der Waals surface area (Å²) < 4.78 is 7.70. The number of aryl methyl sites for hydroxylation is 2. The van der Waals surface area contributed by atoms with E-state index in [9.17, 15) is 9.59 Å². The number of carbonyl (C=O) groups excluding carboxylic acids is 2. The maximum atomic E-state index is 12.8. The van der Waals surface area contributed by atoms with E-state index in [1.807, 2.05) is 53.4 Å². The minimum absolute atomic E-state index is 0.0571. The molecule has 2 saturated heterocycles. The van der Waals surface area contributed by atoms with Gasteiger partial charge in [0.15, 0.2) is 0 Å². The second-order valence-corrected chi connectivity index (χ2v) is 7.83. The van der Waals surface area contributed by atoms with Crippen LogP contribution in [0.2, 0.25) is 0 Å². The Hall–Kier alpha value is -2.67. The van der Waals surface area contributed by atoms with E-state index in [1.165, 1.54) is 0 Å². The Morgan fingerprint density at radius 3 is 2.82 bits per heavy atom. The van der Waals surface area contributed by atoms with Crippen molar-refractivity contribution in [3.8, 4) is 0 Å². The number of amides is 2. The Bertz CT molecular complexity index is 866. The van der Waals surface area contributed by atoms with E-state index < -0.39 is 5.60 Å². The maximum absolute atomic E-state index is 12.8. The molecule has 1 aromatic heterocycles. The van der Waals surface area contributed by atoms with Crippen LogP contribution in [0, 0.1) is 0 Å². The molecule has 3 heterocycles. The highest BCUT2D eigenvalue weighted by Gasteiger charge is 2.49. The molecule has 0 saturated carbocycles.